The molecule has 0 aliphatic heterocycles. The summed E-state index contributed by atoms with van der Waals surface area (Å²) in [5, 5.41) is 2.91. The minimum Gasteiger partial charge on any atom is -0.385 e. The number of carbonyl (C=O) groups excluding carboxylic acids is 1. The Bertz CT molecular complexity index is 219. The van der Waals surface area contributed by atoms with E-state index in [0.717, 1.165) is 19.6 Å². The summed E-state index contributed by atoms with van der Waals surface area (Å²) < 4.78 is 5.05. The predicted molar refractivity (Wildman–Crippen MR) is 56.0 cm³/mol. The summed E-state index contributed by atoms with van der Waals surface area (Å²) in [5.41, 5.74) is 0.341. The Balaban J connectivity index is 2.20. The van der Waals surface area contributed by atoms with Crippen molar-refractivity contribution >= 4 is 5.91 Å². The van der Waals surface area contributed by atoms with Gasteiger partial charge in [0.1, 0.15) is 0 Å². The van der Waals surface area contributed by atoms with Crippen molar-refractivity contribution in [3.05, 3.63) is 12.2 Å². The van der Waals surface area contributed by atoms with E-state index in [1.165, 1.54) is 12.8 Å². The fourth-order valence-corrected chi connectivity index (χ4v) is 1.50. The highest BCUT2D eigenvalue weighted by Gasteiger charge is 2.41. The molecule has 0 saturated heterocycles. The van der Waals surface area contributed by atoms with Gasteiger partial charge in [-0.15, -0.1) is 0 Å². The van der Waals surface area contributed by atoms with Crippen molar-refractivity contribution in [3.8, 4) is 0 Å². The monoisotopic (exact) mass is 197 g/mol. The number of nitrogens with one attached hydrogen (secondary N) is 1. The summed E-state index contributed by atoms with van der Waals surface area (Å²) in [6.45, 7) is 3.43. The van der Waals surface area contributed by atoms with Crippen LogP contribution in [0.25, 0.3) is 0 Å². The number of amides is 1. The van der Waals surface area contributed by atoms with Gasteiger partial charge in [-0.3, -0.25) is 4.79 Å². The molecule has 3 heteroatoms. The molecule has 80 valence electrons. The van der Waals surface area contributed by atoms with Gasteiger partial charge in [-0.2, -0.15) is 0 Å². The summed E-state index contributed by atoms with van der Waals surface area (Å²) in [4.78, 5) is 11.2. The van der Waals surface area contributed by atoms with E-state index in [1.807, 2.05) is 6.92 Å². The maximum Gasteiger partial charge on any atom is 0.243 e. The van der Waals surface area contributed by atoms with Crippen LogP contribution in [0.5, 0.6) is 0 Å². The van der Waals surface area contributed by atoms with Gasteiger partial charge in [0.15, 0.2) is 0 Å². The van der Waals surface area contributed by atoms with Crippen LogP contribution >= 0.6 is 0 Å². The molecule has 14 heavy (non-hydrogen) atoms. The first kappa shape index (κ1) is 11.2. The zero-order valence-corrected chi connectivity index (χ0v) is 9.01. The molecule has 3 nitrogen and oxygen atoms in total. The third-order valence-corrected chi connectivity index (χ3v) is 2.75. The number of allylic oxidation sites excluding steroid dienone is 1. The number of hydrogen-bond donors (Lipinski definition) is 1. The number of carbonyl (C=O) groups is 1. The number of methoxy groups -OCH3 is 1. The Morgan fingerprint density at radius 1 is 1.57 bits per heavy atom. The van der Waals surface area contributed by atoms with Crippen molar-refractivity contribution < 1.29 is 9.53 Å². The molecule has 0 aromatic heterocycles. The molecule has 1 N–H and O–H groups in total. The van der Waals surface area contributed by atoms with Crippen molar-refractivity contribution in [2.24, 2.45) is 5.41 Å². The molecular weight excluding hydrogens is 178 g/mol. The van der Waals surface area contributed by atoms with E-state index < -0.39 is 0 Å². The lowest BCUT2D eigenvalue weighted by molar-refractivity contribution is -0.116. The van der Waals surface area contributed by atoms with Gasteiger partial charge in [-0.25, -0.2) is 0 Å². The lowest BCUT2D eigenvalue weighted by Crippen LogP contribution is -2.29. The minimum atomic E-state index is 0.0104. The first-order valence-electron chi connectivity index (χ1n) is 5.12. The van der Waals surface area contributed by atoms with E-state index in [4.69, 9.17) is 4.74 Å². The highest BCUT2D eigenvalue weighted by atomic mass is 16.5. The molecule has 1 aliphatic rings. The van der Waals surface area contributed by atoms with Crippen LogP contribution in [0.2, 0.25) is 0 Å². The first-order chi connectivity index (χ1) is 6.72. The van der Waals surface area contributed by atoms with E-state index in [2.05, 4.69) is 5.32 Å². The Morgan fingerprint density at radius 2 is 2.29 bits per heavy atom. The predicted octanol–water partition coefficient (Wildman–Crippen LogP) is 1.50. The Kier molecular flexibility index (Phi) is 4.14. The second-order valence-electron chi connectivity index (χ2n) is 3.96. The van der Waals surface area contributed by atoms with Crippen LogP contribution in [0.4, 0.5) is 0 Å². The molecule has 0 heterocycles. The molecule has 1 rings (SSSR count). The quantitative estimate of drug-likeness (QED) is 0.655. The second-order valence-corrected chi connectivity index (χ2v) is 3.96. The molecule has 0 aromatic rings. The number of rotatable bonds is 6. The average Bonchev–Trinajstić information content (AvgIpc) is 2.93. The molecular formula is C11H19NO2. The molecule has 1 amide bonds. The Morgan fingerprint density at radius 3 is 2.79 bits per heavy atom. The molecule has 1 fully saturated rings. The van der Waals surface area contributed by atoms with Crippen LogP contribution in [0.15, 0.2) is 12.2 Å². The van der Waals surface area contributed by atoms with Gasteiger partial charge in [-0.05, 0) is 37.7 Å². The standard InChI is InChI=1S/C11H19NO2/c1-3-4-10(13)12-9-11(5-6-11)7-8-14-2/h3-4H,5-9H2,1-2H3,(H,12,13)/b4-3+. The van der Waals surface area contributed by atoms with E-state index in [9.17, 15) is 4.79 Å². The zero-order valence-electron chi connectivity index (χ0n) is 9.01. The average molecular weight is 197 g/mol. The van der Waals surface area contributed by atoms with Crippen molar-refractivity contribution in [2.75, 3.05) is 20.3 Å². The largest absolute Gasteiger partial charge is 0.385 e. The van der Waals surface area contributed by atoms with Gasteiger partial charge >= 0.3 is 0 Å². The summed E-state index contributed by atoms with van der Waals surface area (Å²) >= 11 is 0. The SMILES string of the molecule is C/C=C/C(=O)NCC1(CCOC)CC1. The van der Waals surface area contributed by atoms with E-state index in [-0.39, 0.29) is 5.91 Å². The van der Waals surface area contributed by atoms with E-state index >= 15 is 0 Å². The molecule has 0 atom stereocenters. The van der Waals surface area contributed by atoms with Gasteiger partial charge in [0, 0.05) is 20.3 Å². The van der Waals surface area contributed by atoms with Crippen LogP contribution in [-0.2, 0) is 9.53 Å². The maximum absolute atomic E-state index is 11.2. The van der Waals surface area contributed by atoms with E-state index in [0.29, 0.717) is 5.41 Å². The summed E-state index contributed by atoms with van der Waals surface area (Å²) in [6.07, 6.45) is 6.80. The molecule has 1 saturated carbocycles. The lowest BCUT2D eigenvalue weighted by atomic mass is 10.0. The van der Waals surface area contributed by atoms with Gasteiger partial charge in [0.25, 0.3) is 0 Å². The van der Waals surface area contributed by atoms with Gasteiger partial charge in [0.2, 0.25) is 5.91 Å². The molecule has 1 aliphatic carbocycles. The first-order valence-corrected chi connectivity index (χ1v) is 5.12. The van der Waals surface area contributed by atoms with Gasteiger partial charge in [0.05, 0.1) is 0 Å². The molecule has 0 aromatic carbocycles. The van der Waals surface area contributed by atoms with Crippen LogP contribution in [-0.4, -0.2) is 26.2 Å². The molecule has 0 radical (unpaired) electrons. The van der Waals surface area contributed by atoms with Crippen molar-refractivity contribution in [1.29, 1.82) is 0 Å². The highest BCUT2D eigenvalue weighted by molar-refractivity contribution is 5.87. The molecule has 0 bridgehead atoms. The fourth-order valence-electron chi connectivity index (χ4n) is 1.50. The number of ether oxygens (including phenoxy) is 1. The fraction of sp³-hybridized carbons (Fsp3) is 0.727. The van der Waals surface area contributed by atoms with Crippen molar-refractivity contribution in [3.63, 3.8) is 0 Å². The summed E-state index contributed by atoms with van der Waals surface area (Å²) in [6, 6.07) is 0. The third kappa shape index (κ3) is 3.50. The Hall–Kier alpha value is -0.830. The second kappa shape index (κ2) is 5.15. The molecule has 0 unspecified atom stereocenters. The highest BCUT2D eigenvalue weighted by Crippen LogP contribution is 2.48. The summed E-state index contributed by atoms with van der Waals surface area (Å²) in [7, 11) is 1.72. The van der Waals surface area contributed by atoms with Crippen LogP contribution in [0.1, 0.15) is 26.2 Å². The lowest BCUT2D eigenvalue weighted by Gasteiger charge is -2.14. The van der Waals surface area contributed by atoms with E-state index in [1.54, 1.807) is 19.3 Å². The van der Waals surface area contributed by atoms with Crippen molar-refractivity contribution in [2.45, 2.75) is 26.2 Å². The minimum absolute atomic E-state index is 0.0104. The van der Waals surface area contributed by atoms with Crippen LogP contribution in [0.3, 0.4) is 0 Å². The maximum atomic E-state index is 11.2. The van der Waals surface area contributed by atoms with Gasteiger partial charge in [-0.1, -0.05) is 6.08 Å². The third-order valence-electron chi connectivity index (χ3n) is 2.75. The zero-order chi connectivity index (χ0) is 10.4. The summed E-state index contributed by atoms with van der Waals surface area (Å²) in [5.74, 6) is 0.0104. The van der Waals surface area contributed by atoms with Crippen LogP contribution < -0.4 is 5.32 Å². The van der Waals surface area contributed by atoms with Crippen molar-refractivity contribution in [1.82, 2.24) is 5.32 Å². The number of hydrogen-bond acceptors (Lipinski definition) is 2. The topological polar surface area (TPSA) is 38.3 Å². The molecule has 0 spiro atoms. The van der Waals surface area contributed by atoms with Crippen LogP contribution in [0, 0.1) is 5.41 Å². The Labute approximate surface area is 85.5 Å². The normalized spacial score (nSPS) is 18.4. The van der Waals surface area contributed by atoms with Gasteiger partial charge < -0.3 is 10.1 Å². The smallest absolute Gasteiger partial charge is 0.243 e.